The van der Waals surface area contributed by atoms with E-state index in [1.54, 1.807) is 0 Å². The van der Waals surface area contributed by atoms with Crippen molar-refractivity contribution >= 4 is 17.8 Å². The van der Waals surface area contributed by atoms with Crippen molar-refractivity contribution in [2.75, 3.05) is 13.7 Å². The summed E-state index contributed by atoms with van der Waals surface area (Å²) in [6.45, 7) is 5.95. The molecule has 1 N–H and O–H groups in total. The molecule has 1 atom stereocenters. The first-order valence-corrected chi connectivity index (χ1v) is 7.92. The van der Waals surface area contributed by atoms with E-state index >= 15 is 0 Å². The van der Waals surface area contributed by atoms with Gasteiger partial charge in [0.15, 0.2) is 5.78 Å². The number of methoxy groups -OCH3 is 1. The van der Waals surface area contributed by atoms with Gasteiger partial charge in [-0.3, -0.25) is 14.5 Å². The molecular weight excluding hydrogens is 298 g/mol. The minimum absolute atomic E-state index is 0.0217. The molecular formula is C17H27NO5. The Labute approximate surface area is 137 Å². The molecule has 1 saturated heterocycles. The zero-order chi connectivity index (χ0) is 17.7. The van der Waals surface area contributed by atoms with Crippen molar-refractivity contribution in [1.29, 1.82) is 0 Å². The zero-order valence-corrected chi connectivity index (χ0v) is 14.4. The third kappa shape index (κ3) is 4.12. The Morgan fingerprint density at radius 2 is 2.00 bits per heavy atom. The van der Waals surface area contributed by atoms with Gasteiger partial charge in [0.05, 0.1) is 7.11 Å². The predicted octanol–water partition coefficient (Wildman–Crippen LogP) is 3.01. The molecule has 1 rings (SSSR count). The van der Waals surface area contributed by atoms with Gasteiger partial charge in [0.1, 0.15) is 5.54 Å². The molecule has 0 bridgehead atoms. The van der Waals surface area contributed by atoms with Gasteiger partial charge in [0, 0.05) is 19.4 Å². The van der Waals surface area contributed by atoms with Crippen LogP contribution >= 0.6 is 0 Å². The summed E-state index contributed by atoms with van der Waals surface area (Å²) in [7, 11) is 1.36. The highest BCUT2D eigenvalue weighted by Crippen LogP contribution is 2.44. The minimum atomic E-state index is -1.05. The highest BCUT2D eigenvalue weighted by Gasteiger charge is 2.56. The zero-order valence-electron chi connectivity index (χ0n) is 14.4. The molecule has 23 heavy (non-hydrogen) atoms. The third-order valence-corrected chi connectivity index (χ3v) is 4.52. The maximum atomic E-state index is 12.5. The average molecular weight is 325 g/mol. The SMILES string of the molecule is COC(=O)CCCC=CCC1(C(C)(C)C)C(=O)CCN1C(=O)O. The van der Waals surface area contributed by atoms with Crippen LogP contribution in [0.1, 0.15) is 52.9 Å². The highest BCUT2D eigenvalue weighted by atomic mass is 16.5. The molecule has 1 heterocycles. The smallest absolute Gasteiger partial charge is 0.408 e. The van der Waals surface area contributed by atoms with Gasteiger partial charge in [-0.2, -0.15) is 0 Å². The van der Waals surface area contributed by atoms with E-state index in [2.05, 4.69) is 4.74 Å². The first-order chi connectivity index (χ1) is 10.7. The molecule has 0 aromatic carbocycles. The fourth-order valence-electron chi connectivity index (χ4n) is 3.21. The van der Waals surface area contributed by atoms with E-state index in [-0.39, 0.29) is 24.7 Å². The molecule has 1 unspecified atom stereocenters. The molecule has 0 aromatic rings. The second-order valence-corrected chi connectivity index (χ2v) is 6.86. The van der Waals surface area contributed by atoms with Gasteiger partial charge >= 0.3 is 12.1 Å². The molecule has 1 aliphatic rings. The van der Waals surface area contributed by atoms with Crippen LogP contribution < -0.4 is 0 Å². The van der Waals surface area contributed by atoms with Crippen LogP contribution in [0.4, 0.5) is 4.79 Å². The molecule has 6 heteroatoms. The minimum Gasteiger partial charge on any atom is -0.469 e. The van der Waals surface area contributed by atoms with Gasteiger partial charge in [-0.25, -0.2) is 4.79 Å². The fourth-order valence-corrected chi connectivity index (χ4v) is 3.21. The summed E-state index contributed by atoms with van der Waals surface area (Å²) in [4.78, 5) is 36.4. The largest absolute Gasteiger partial charge is 0.469 e. The quantitative estimate of drug-likeness (QED) is 0.461. The first kappa shape index (κ1) is 19.2. The van der Waals surface area contributed by atoms with E-state index in [4.69, 9.17) is 0 Å². The molecule has 0 saturated carbocycles. The lowest BCUT2D eigenvalue weighted by atomic mass is 9.69. The monoisotopic (exact) mass is 325 g/mol. The van der Waals surface area contributed by atoms with E-state index in [0.717, 1.165) is 0 Å². The number of hydrogen-bond acceptors (Lipinski definition) is 4. The van der Waals surface area contributed by atoms with Crippen LogP contribution in [-0.4, -0.2) is 47.0 Å². The average Bonchev–Trinajstić information content (AvgIpc) is 2.80. The lowest BCUT2D eigenvalue weighted by Crippen LogP contribution is -2.58. The molecule has 1 aliphatic heterocycles. The van der Waals surface area contributed by atoms with Crippen LogP contribution in [0.2, 0.25) is 0 Å². The van der Waals surface area contributed by atoms with E-state index in [1.807, 2.05) is 32.9 Å². The summed E-state index contributed by atoms with van der Waals surface area (Å²) in [6, 6.07) is 0. The molecule has 0 spiro atoms. The van der Waals surface area contributed by atoms with E-state index in [1.165, 1.54) is 12.0 Å². The van der Waals surface area contributed by atoms with Gasteiger partial charge < -0.3 is 9.84 Å². The number of ketones is 1. The van der Waals surface area contributed by atoms with Crippen molar-refractivity contribution in [2.24, 2.45) is 5.41 Å². The number of unbranched alkanes of at least 4 members (excludes halogenated alkanes) is 1. The lowest BCUT2D eigenvalue weighted by Gasteiger charge is -2.45. The first-order valence-electron chi connectivity index (χ1n) is 7.92. The number of carbonyl (C=O) groups is 3. The molecule has 0 aromatic heterocycles. The number of esters is 1. The molecule has 0 aliphatic carbocycles. The Balaban J connectivity index is 2.79. The molecule has 6 nitrogen and oxygen atoms in total. The third-order valence-electron chi connectivity index (χ3n) is 4.52. The summed E-state index contributed by atoms with van der Waals surface area (Å²) in [5.74, 6) is -0.265. The van der Waals surface area contributed by atoms with Crippen LogP contribution in [0.15, 0.2) is 12.2 Å². The highest BCUT2D eigenvalue weighted by molar-refractivity contribution is 5.95. The van der Waals surface area contributed by atoms with Crippen molar-refractivity contribution in [1.82, 2.24) is 4.90 Å². The van der Waals surface area contributed by atoms with E-state index in [9.17, 15) is 19.5 Å². The predicted molar refractivity (Wildman–Crippen MR) is 86.2 cm³/mol. The lowest BCUT2D eigenvalue weighted by molar-refractivity contribution is -0.140. The summed E-state index contributed by atoms with van der Waals surface area (Å²) >= 11 is 0. The summed E-state index contributed by atoms with van der Waals surface area (Å²) in [6.07, 6.45) is 5.05. The number of ether oxygens (including phenoxy) is 1. The van der Waals surface area contributed by atoms with E-state index < -0.39 is 17.0 Å². The Bertz CT molecular complexity index is 492. The Hall–Kier alpha value is -1.85. The molecule has 130 valence electrons. The van der Waals surface area contributed by atoms with Crippen LogP contribution in [0, 0.1) is 5.41 Å². The second kappa shape index (κ2) is 7.62. The van der Waals surface area contributed by atoms with E-state index in [0.29, 0.717) is 25.7 Å². The number of carboxylic acid groups (broad SMARTS) is 1. The molecule has 1 amide bonds. The molecule has 0 radical (unpaired) electrons. The fraction of sp³-hybridized carbons (Fsp3) is 0.706. The van der Waals surface area contributed by atoms with Crippen LogP contribution in [0.25, 0.3) is 0 Å². The van der Waals surface area contributed by atoms with Gasteiger partial charge in [0.25, 0.3) is 0 Å². The Kier molecular flexibility index (Phi) is 6.36. The summed E-state index contributed by atoms with van der Waals surface area (Å²) < 4.78 is 4.57. The van der Waals surface area contributed by atoms with Crippen molar-refractivity contribution in [3.63, 3.8) is 0 Å². The van der Waals surface area contributed by atoms with Gasteiger partial charge in [-0.05, 0) is 24.7 Å². The van der Waals surface area contributed by atoms with Crippen LogP contribution in [0.3, 0.4) is 0 Å². The van der Waals surface area contributed by atoms with Gasteiger partial charge in [0.2, 0.25) is 0 Å². The maximum absolute atomic E-state index is 12.5. The summed E-state index contributed by atoms with van der Waals surface area (Å²) in [5.41, 5.74) is -1.51. The number of rotatable bonds is 6. The number of carbonyl (C=O) groups excluding carboxylic acids is 2. The van der Waals surface area contributed by atoms with Crippen molar-refractivity contribution < 1.29 is 24.2 Å². The van der Waals surface area contributed by atoms with Crippen molar-refractivity contribution in [2.45, 2.75) is 58.4 Å². The normalized spacial score (nSPS) is 21.9. The van der Waals surface area contributed by atoms with Crippen LogP contribution in [0.5, 0.6) is 0 Å². The van der Waals surface area contributed by atoms with Gasteiger partial charge in [-0.1, -0.05) is 32.9 Å². The number of Topliss-reactive ketones (excluding diaryl/α,β-unsaturated/α-hetero) is 1. The second-order valence-electron chi connectivity index (χ2n) is 6.86. The van der Waals surface area contributed by atoms with Crippen molar-refractivity contribution in [3.8, 4) is 0 Å². The van der Waals surface area contributed by atoms with Gasteiger partial charge in [-0.15, -0.1) is 0 Å². The number of likely N-dealkylation sites (tertiary alicyclic amines) is 1. The van der Waals surface area contributed by atoms with Crippen molar-refractivity contribution in [3.05, 3.63) is 12.2 Å². The Morgan fingerprint density at radius 1 is 1.35 bits per heavy atom. The maximum Gasteiger partial charge on any atom is 0.408 e. The Morgan fingerprint density at radius 3 is 2.52 bits per heavy atom. The standard InChI is InChI=1S/C17H27NO5/c1-16(2,3)17(13(19)10-12-18(17)15(21)22)11-8-6-5-7-9-14(20)23-4/h6,8H,5,7,9-12H2,1-4H3,(H,21,22). The van der Waals surface area contributed by atoms with Crippen LogP contribution in [-0.2, 0) is 14.3 Å². The topological polar surface area (TPSA) is 83.9 Å². The molecule has 1 fully saturated rings. The summed E-state index contributed by atoms with van der Waals surface area (Å²) in [5, 5.41) is 9.46. The number of allylic oxidation sites excluding steroid dienone is 1. The number of amides is 1. The number of hydrogen-bond donors (Lipinski definition) is 1. The number of nitrogens with zero attached hydrogens (tertiary/aromatic N) is 1.